The number of hydrogen-bond acceptors (Lipinski definition) is 5. The summed E-state index contributed by atoms with van der Waals surface area (Å²) in [5, 5.41) is 17.2. The minimum atomic E-state index is -0.921. The summed E-state index contributed by atoms with van der Waals surface area (Å²) < 4.78 is 1.98. The fourth-order valence-corrected chi connectivity index (χ4v) is 2.83. The molecule has 7 heteroatoms. The molecule has 2 heterocycles. The van der Waals surface area contributed by atoms with Gasteiger partial charge in [0.15, 0.2) is 5.13 Å². The summed E-state index contributed by atoms with van der Waals surface area (Å²) in [7, 11) is 0. The second kappa shape index (κ2) is 6.04. The van der Waals surface area contributed by atoms with Gasteiger partial charge < -0.3 is 10.4 Å². The van der Waals surface area contributed by atoms with Crippen LogP contribution in [0, 0.1) is 20.8 Å². The molecule has 0 radical (unpaired) electrons. The summed E-state index contributed by atoms with van der Waals surface area (Å²) in [5.74, 6) is -0.921. The Kier molecular flexibility index (Phi) is 4.39. The van der Waals surface area contributed by atoms with Crippen LogP contribution in [0.2, 0.25) is 0 Å². The van der Waals surface area contributed by atoms with Crippen LogP contribution in [-0.2, 0) is 6.54 Å². The van der Waals surface area contributed by atoms with Gasteiger partial charge in [0.25, 0.3) is 0 Å². The Hall–Kier alpha value is -1.89. The average molecular weight is 294 g/mol. The molecule has 108 valence electrons. The smallest absolute Gasteiger partial charge is 0.347 e. The minimum Gasteiger partial charge on any atom is -0.477 e. The molecule has 0 saturated heterocycles. The number of hydrogen-bond donors (Lipinski definition) is 2. The molecule has 2 aromatic rings. The predicted octanol–water partition coefficient (Wildman–Crippen LogP) is 2.47. The molecule has 2 N–H and O–H groups in total. The number of anilines is 1. The van der Waals surface area contributed by atoms with Crippen molar-refractivity contribution in [1.82, 2.24) is 14.8 Å². The number of carboxylic acid groups (broad SMARTS) is 1. The zero-order chi connectivity index (χ0) is 14.7. The quantitative estimate of drug-likeness (QED) is 0.800. The van der Waals surface area contributed by atoms with Crippen LogP contribution in [0.5, 0.6) is 0 Å². The molecular formula is C13H18N4O2S. The molecule has 0 bridgehead atoms. The van der Waals surface area contributed by atoms with Crippen molar-refractivity contribution in [3.63, 3.8) is 0 Å². The Morgan fingerprint density at radius 3 is 2.75 bits per heavy atom. The lowest BCUT2D eigenvalue weighted by Gasteiger charge is -2.05. The van der Waals surface area contributed by atoms with Gasteiger partial charge >= 0.3 is 5.97 Å². The lowest BCUT2D eigenvalue weighted by Crippen LogP contribution is -2.08. The number of aromatic carboxylic acids is 1. The van der Waals surface area contributed by atoms with E-state index in [-0.39, 0.29) is 0 Å². The van der Waals surface area contributed by atoms with Gasteiger partial charge in [-0.15, -0.1) is 0 Å². The highest BCUT2D eigenvalue weighted by Gasteiger charge is 2.13. The van der Waals surface area contributed by atoms with Gasteiger partial charge in [-0.2, -0.15) is 5.10 Å². The van der Waals surface area contributed by atoms with E-state index in [1.165, 1.54) is 11.3 Å². The van der Waals surface area contributed by atoms with Gasteiger partial charge in [0, 0.05) is 18.8 Å². The van der Waals surface area contributed by atoms with Crippen LogP contribution in [0.25, 0.3) is 0 Å². The average Bonchev–Trinajstić information content (AvgIpc) is 2.88. The molecule has 0 aliphatic carbocycles. The summed E-state index contributed by atoms with van der Waals surface area (Å²) in [6.07, 6.45) is 0.906. The van der Waals surface area contributed by atoms with Crippen LogP contribution in [0.1, 0.15) is 33.2 Å². The van der Waals surface area contributed by atoms with Crippen molar-refractivity contribution in [2.75, 3.05) is 11.9 Å². The standard InChI is InChI=1S/C13H18N4O2S/c1-8-7-9(2)17(16-8)6-4-5-14-13-15-10(3)11(20-13)12(18)19/h7H,4-6H2,1-3H3,(H,14,15)(H,18,19). The Balaban J connectivity index is 1.83. The van der Waals surface area contributed by atoms with Gasteiger partial charge in [-0.3, -0.25) is 4.68 Å². The lowest BCUT2D eigenvalue weighted by atomic mass is 10.4. The number of carboxylic acids is 1. The number of carbonyl (C=O) groups is 1. The van der Waals surface area contributed by atoms with E-state index >= 15 is 0 Å². The summed E-state index contributed by atoms with van der Waals surface area (Å²) in [6.45, 7) is 7.30. The normalized spacial score (nSPS) is 10.8. The van der Waals surface area contributed by atoms with Crippen molar-refractivity contribution in [1.29, 1.82) is 0 Å². The highest BCUT2D eigenvalue weighted by atomic mass is 32.1. The summed E-state index contributed by atoms with van der Waals surface area (Å²) >= 11 is 1.18. The van der Waals surface area contributed by atoms with Crippen molar-refractivity contribution in [2.45, 2.75) is 33.7 Å². The van der Waals surface area contributed by atoms with Crippen molar-refractivity contribution in [3.05, 3.63) is 28.0 Å². The van der Waals surface area contributed by atoms with Crippen molar-refractivity contribution < 1.29 is 9.90 Å². The van der Waals surface area contributed by atoms with Crippen LogP contribution in [0.4, 0.5) is 5.13 Å². The molecule has 0 aliphatic rings. The van der Waals surface area contributed by atoms with E-state index in [1.807, 2.05) is 18.5 Å². The van der Waals surface area contributed by atoms with E-state index in [1.54, 1.807) is 6.92 Å². The third-order valence-electron chi connectivity index (χ3n) is 2.92. The summed E-state index contributed by atoms with van der Waals surface area (Å²) in [4.78, 5) is 15.4. The van der Waals surface area contributed by atoms with Gasteiger partial charge in [-0.1, -0.05) is 11.3 Å². The molecule has 0 unspecified atom stereocenters. The molecule has 0 amide bonds. The fraction of sp³-hybridized carbons (Fsp3) is 0.462. The first-order valence-corrected chi connectivity index (χ1v) is 7.24. The monoisotopic (exact) mass is 294 g/mol. The Bertz CT molecular complexity index is 618. The molecule has 0 atom stereocenters. The van der Waals surface area contributed by atoms with Gasteiger partial charge in [-0.05, 0) is 33.3 Å². The van der Waals surface area contributed by atoms with Crippen molar-refractivity contribution >= 4 is 22.4 Å². The molecular weight excluding hydrogens is 276 g/mol. The zero-order valence-corrected chi connectivity index (χ0v) is 12.6. The zero-order valence-electron chi connectivity index (χ0n) is 11.8. The van der Waals surface area contributed by atoms with E-state index in [0.717, 1.165) is 30.9 Å². The van der Waals surface area contributed by atoms with E-state index in [9.17, 15) is 4.79 Å². The number of thiazole rings is 1. The molecule has 20 heavy (non-hydrogen) atoms. The van der Waals surface area contributed by atoms with Gasteiger partial charge in [0.05, 0.1) is 11.4 Å². The van der Waals surface area contributed by atoms with Gasteiger partial charge in [0.2, 0.25) is 0 Å². The number of nitrogens with one attached hydrogen (secondary N) is 1. The first-order valence-electron chi connectivity index (χ1n) is 6.43. The molecule has 0 saturated carbocycles. The number of nitrogens with zero attached hydrogens (tertiary/aromatic N) is 3. The fourth-order valence-electron chi connectivity index (χ4n) is 2.00. The van der Waals surface area contributed by atoms with Gasteiger partial charge in [0.1, 0.15) is 4.88 Å². The number of aromatic nitrogens is 3. The molecule has 6 nitrogen and oxygen atoms in total. The molecule has 2 rings (SSSR count). The third kappa shape index (κ3) is 3.36. The molecule has 0 spiro atoms. The largest absolute Gasteiger partial charge is 0.477 e. The van der Waals surface area contributed by atoms with Crippen LogP contribution in [0.15, 0.2) is 6.07 Å². The maximum Gasteiger partial charge on any atom is 0.347 e. The maximum atomic E-state index is 10.9. The minimum absolute atomic E-state index is 0.297. The first-order chi connectivity index (χ1) is 9.47. The van der Waals surface area contributed by atoms with E-state index in [2.05, 4.69) is 21.5 Å². The number of aryl methyl sites for hydroxylation is 4. The second-order valence-corrected chi connectivity index (χ2v) is 5.67. The Morgan fingerprint density at radius 2 is 2.20 bits per heavy atom. The Labute approximate surface area is 121 Å². The maximum absolute atomic E-state index is 10.9. The van der Waals surface area contributed by atoms with Crippen LogP contribution in [-0.4, -0.2) is 32.4 Å². The second-order valence-electron chi connectivity index (χ2n) is 4.67. The molecule has 2 aromatic heterocycles. The third-order valence-corrected chi connectivity index (χ3v) is 4.02. The van der Waals surface area contributed by atoms with Crippen LogP contribution >= 0.6 is 11.3 Å². The van der Waals surface area contributed by atoms with E-state index in [4.69, 9.17) is 5.11 Å². The molecule has 0 aromatic carbocycles. The summed E-state index contributed by atoms with van der Waals surface area (Å²) in [6, 6.07) is 2.05. The Morgan fingerprint density at radius 1 is 1.45 bits per heavy atom. The van der Waals surface area contributed by atoms with Crippen molar-refractivity contribution in [3.8, 4) is 0 Å². The number of rotatable bonds is 6. The summed E-state index contributed by atoms with van der Waals surface area (Å²) in [5.41, 5.74) is 2.74. The lowest BCUT2D eigenvalue weighted by molar-refractivity contribution is 0.0701. The highest BCUT2D eigenvalue weighted by molar-refractivity contribution is 7.17. The SMILES string of the molecule is Cc1cc(C)n(CCCNc2nc(C)c(C(=O)O)s2)n1. The predicted molar refractivity (Wildman–Crippen MR) is 78.6 cm³/mol. The highest BCUT2D eigenvalue weighted by Crippen LogP contribution is 2.22. The topological polar surface area (TPSA) is 80.0 Å². The van der Waals surface area contributed by atoms with E-state index in [0.29, 0.717) is 15.7 Å². The van der Waals surface area contributed by atoms with Crippen LogP contribution < -0.4 is 5.32 Å². The van der Waals surface area contributed by atoms with Gasteiger partial charge in [-0.25, -0.2) is 9.78 Å². The van der Waals surface area contributed by atoms with Crippen molar-refractivity contribution in [2.24, 2.45) is 0 Å². The first kappa shape index (κ1) is 14.5. The van der Waals surface area contributed by atoms with E-state index < -0.39 is 5.97 Å². The molecule has 0 aliphatic heterocycles. The molecule has 0 fully saturated rings. The van der Waals surface area contributed by atoms with Crippen LogP contribution in [0.3, 0.4) is 0 Å².